The fourth-order valence-electron chi connectivity index (χ4n) is 0.386. The second-order valence-electron chi connectivity index (χ2n) is 1.36. The lowest BCUT2D eigenvalue weighted by Crippen LogP contribution is -1.98. The van der Waals surface area contributed by atoms with Gasteiger partial charge in [0.1, 0.15) is 0 Å². The molecule has 1 heterocycles. The van der Waals surface area contributed by atoms with Crippen LogP contribution in [-0.2, 0) is 0 Å². The zero-order valence-corrected chi connectivity index (χ0v) is 5.98. The third-order valence-electron chi connectivity index (χ3n) is 0.646. The van der Waals surface area contributed by atoms with Crippen LogP contribution in [0.4, 0.5) is 0 Å². The van der Waals surface area contributed by atoms with Gasteiger partial charge in [0.15, 0.2) is 0 Å². The fourth-order valence-corrected chi connectivity index (χ4v) is 1.39. The molecule has 0 aliphatic carbocycles. The van der Waals surface area contributed by atoms with E-state index in [-0.39, 0.29) is 0 Å². The smallest absolute Gasteiger partial charge is 0.211 e. The first-order chi connectivity index (χ1) is 3.29. The first-order valence-electron chi connectivity index (χ1n) is 1.98. The highest BCUT2D eigenvalue weighted by molar-refractivity contribution is 7.06. The molecule has 0 bridgehead atoms. The second kappa shape index (κ2) is 1.96. The lowest BCUT2D eigenvalue weighted by molar-refractivity contribution is 1.64. The molecule has 34 valence electrons. The molecule has 1 rings (SSSR count). The molecule has 2 radical (unpaired) electrons. The van der Waals surface area contributed by atoms with Crippen molar-refractivity contribution in [2.75, 3.05) is 0 Å². The van der Waals surface area contributed by atoms with Gasteiger partial charge >= 0.3 is 0 Å². The first-order valence-corrected chi connectivity index (χ1v) is 3.33. The summed E-state index contributed by atoms with van der Waals surface area (Å²) >= 11 is 4.08. The maximum absolute atomic E-state index is 4.02. The van der Waals surface area contributed by atoms with Crippen molar-refractivity contribution in [1.29, 1.82) is 0 Å². The van der Waals surface area contributed by atoms with Crippen molar-refractivity contribution < 1.29 is 0 Å². The van der Waals surface area contributed by atoms with Crippen LogP contribution in [-0.4, -0.2) is 20.7 Å². The Balaban J connectivity index is 3.04. The third kappa shape index (κ3) is 1.27. The van der Waals surface area contributed by atoms with Gasteiger partial charge in [-0.3, -0.25) is 0 Å². The minimum atomic E-state index is 1.04. The monoisotopic (exact) mass is 125 g/mol. The van der Waals surface area contributed by atoms with Gasteiger partial charge < -0.3 is 0 Å². The minimum Gasteiger partial charge on any atom is -0.219 e. The molecule has 0 N–H and O–H groups in total. The number of aromatic nitrogens is 1. The fraction of sp³-hybridized carbons (Fsp3) is 0.250. The molecule has 0 unspecified atom stereocenters. The van der Waals surface area contributed by atoms with Crippen LogP contribution in [0.3, 0.4) is 0 Å². The molecule has 0 saturated carbocycles. The Bertz CT molecular complexity index is 144. The highest BCUT2D eigenvalue weighted by atomic mass is 32.1. The maximum atomic E-state index is 4.02. The van der Waals surface area contributed by atoms with E-state index in [4.69, 9.17) is 0 Å². The Labute approximate surface area is 55.0 Å². The Kier molecular flexibility index (Phi) is 1.48. The predicted octanol–water partition coefficient (Wildman–Crippen LogP) is 0.245. The van der Waals surface area contributed by atoms with E-state index in [1.54, 1.807) is 0 Å². The van der Waals surface area contributed by atoms with Crippen LogP contribution >= 0.6 is 11.5 Å². The zero-order chi connectivity index (χ0) is 5.28. The quantitative estimate of drug-likeness (QED) is 0.453. The lowest BCUT2D eigenvalue weighted by atomic mass is 10.6. The molecule has 0 aliphatic heterocycles. The van der Waals surface area contributed by atoms with E-state index in [9.17, 15) is 0 Å². The predicted molar refractivity (Wildman–Crippen MR) is 32.2 cm³/mol. The van der Waals surface area contributed by atoms with Gasteiger partial charge in [-0.25, -0.2) is 4.37 Å². The zero-order valence-electron chi connectivity index (χ0n) is 4.01. The summed E-state index contributed by atoms with van der Waals surface area (Å²) in [5.74, 6) is 0. The number of rotatable bonds is 0. The molecule has 0 aromatic carbocycles. The van der Waals surface area contributed by atoms with Crippen molar-refractivity contribution in [3.8, 4) is 0 Å². The van der Waals surface area contributed by atoms with Gasteiger partial charge in [0.05, 0.1) is 0 Å². The molecule has 1 nitrogen and oxygen atoms in total. The Morgan fingerprint density at radius 1 is 1.86 bits per heavy atom. The van der Waals surface area contributed by atoms with Crippen molar-refractivity contribution in [2.45, 2.75) is 6.92 Å². The molecule has 1 aromatic heterocycles. The van der Waals surface area contributed by atoms with Crippen molar-refractivity contribution >= 4 is 32.4 Å². The van der Waals surface area contributed by atoms with E-state index in [0.717, 1.165) is 4.56 Å². The number of aryl methyl sites for hydroxylation is 1. The van der Waals surface area contributed by atoms with Gasteiger partial charge in [0.25, 0.3) is 0 Å². The summed E-state index contributed by atoms with van der Waals surface area (Å²) in [5, 5.41) is 0. The van der Waals surface area contributed by atoms with Crippen molar-refractivity contribution in [3.05, 3.63) is 10.9 Å². The Morgan fingerprint density at radius 2 is 2.57 bits per heavy atom. The third-order valence-corrected chi connectivity index (χ3v) is 1.84. The summed E-state index contributed by atoms with van der Waals surface area (Å²) in [4.78, 5) is 1.27. The summed E-state index contributed by atoms with van der Waals surface area (Å²) in [5.41, 5.74) is 0. The molecule has 1 aromatic rings. The van der Waals surface area contributed by atoms with Gasteiger partial charge in [0.2, 0.25) is 16.3 Å². The van der Waals surface area contributed by atoms with Crippen molar-refractivity contribution in [2.24, 2.45) is 0 Å². The topological polar surface area (TPSA) is 12.9 Å². The van der Waals surface area contributed by atoms with Crippen molar-refractivity contribution in [3.63, 3.8) is 0 Å². The van der Waals surface area contributed by atoms with Gasteiger partial charge in [-0.1, -0.05) is 0 Å². The van der Waals surface area contributed by atoms with Crippen LogP contribution in [0.15, 0.2) is 6.07 Å². The molecular formula is C4H4AlNS. The second-order valence-corrected chi connectivity index (χ2v) is 2.96. The lowest BCUT2D eigenvalue weighted by Gasteiger charge is -1.68. The highest BCUT2D eigenvalue weighted by Crippen LogP contribution is 1.96. The van der Waals surface area contributed by atoms with E-state index in [1.165, 1.54) is 16.4 Å². The van der Waals surface area contributed by atoms with Gasteiger partial charge in [-0.05, 0) is 29.1 Å². The number of nitrogens with zero attached hydrogens (tertiary/aromatic N) is 1. The molecular weight excluding hydrogens is 121 g/mol. The summed E-state index contributed by atoms with van der Waals surface area (Å²) in [7, 11) is 0. The van der Waals surface area contributed by atoms with Crippen LogP contribution < -0.4 is 4.56 Å². The molecule has 7 heavy (non-hydrogen) atoms. The van der Waals surface area contributed by atoms with Crippen LogP contribution in [0.5, 0.6) is 0 Å². The van der Waals surface area contributed by atoms with E-state index >= 15 is 0 Å². The van der Waals surface area contributed by atoms with Gasteiger partial charge in [0, 0.05) is 4.88 Å². The molecule has 3 heteroatoms. The molecule has 0 amide bonds. The van der Waals surface area contributed by atoms with Crippen LogP contribution in [0.25, 0.3) is 0 Å². The van der Waals surface area contributed by atoms with Crippen LogP contribution in [0, 0.1) is 6.92 Å². The SMILES string of the molecule is Cc1c[c]([Al])ns1. The van der Waals surface area contributed by atoms with Crippen LogP contribution in [0.1, 0.15) is 4.88 Å². The van der Waals surface area contributed by atoms with Gasteiger partial charge in [-0.15, -0.1) is 0 Å². The van der Waals surface area contributed by atoms with Crippen LogP contribution in [0.2, 0.25) is 0 Å². The summed E-state index contributed by atoms with van der Waals surface area (Å²) in [6.07, 6.45) is 0. The van der Waals surface area contributed by atoms with E-state index in [1.807, 2.05) is 13.0 Å². The molecule has 0 saturated heterocycles. The van der Waals surface area contributed by atoms with E-state index in [0.29, 0.717) is 0 Å². The summed E-state index contributed by atoms with van der Waals surface area (Å²) in [6, 6.07) is 2.04. The summed E-state index contributed by atoms with van der Waals surface area (Å²) in [6.45, 7) is 2.05. The number of hydrogen-bond acceptors (Lipinski definition) is 2. The molecule has 0 atom stereocenters. The minimum absolute atomic E-state index is 1.04. The highest BCUT2D eigenvalue weighted by Gasteiger charge is 1.85. The first kappa shape index (κ1) is 5.30. The molecule has 0 spiro atoms. The largest absolute Gasteiger partial charge is 0.219 e. The van der Waals surface area contributed by atoms with E-state index < -0.39 is 0 Å². The van der Waals surface area contributed by atoms with E-state index in [2.05, 4.69) is 20.7 Å². The van der Waals surface area contributed by atoms with Gasteiger partial charge in [-0.2, -0.15) is 0 Å². The average Bonchev–Trinajstić information content (AvgIpc) is 1.87. The average molecular weight is 125 g/mol. The molecule has 0 fully saturated rings. The normalized spacial score (nSPS) is 9.29. The Morgan fingerprint density at radius 3 is 2.71 bits per heavy atom. The number of hydrogen-bond donors (Lipinski definition) is 0. The molecule has 0 aliphatic rings. The standard InChI is InChI=1S/C4H4NS.Al/c1-4-2-3-5-6-4;/h2H,1H3;. The maximum Gasteiger partial charge on any atom is 0.211 e. The van der Waals surface area contributed by atoms with Crippen molar-refractivity contribution in [1.82, 2.24) is 4.37 Å². The summed E-state index contributed by atoms with van der Waals surface area (Å²) < 4.78 is 5.06. The Hall–Kier alpha value is 0.162.